The Bertz CT molecular complexity index is 392. The molecule has 1 fully saturated rings. The first-order valence-corrected chi connectivity index (χ1v) is 6.41. The lowest BCUT2D eigenvalue weighted by atomic mass is 9.70. The Morgan fingerprint density at radius 3 is 2.88 bits per heavy atom. The van der Waals surface area contributed by atoms with Gasteiger partial charge in [0, 0.05) is 11.7 Å². The smallest absolute Gasteiger partial charge is 0.141 e. The Morgan fingerprint density at radius 1 is 1.47 bits per heavy atom. The summed E-state index contributed by atoms with van der Waals surface area (Å²) in [5.74, 6) is 0.982. The van der Waals surface area contributed by atoms with Crippen molar-refractivity contribution in [1.82, 2.24) is 4.98 Å². The fraction of sp³-hybridized carbons (Fsp3) is 0.643. The van der Waals surface area contributed by atoms with Gasteiger partial charge in [0.05, 0.1) is 6.20 Å². The first-order valence-electron chi connectivity index (χ1n) is 6.41. The number of halogens is 1. The van der Waals surface area contributed by atoms with Gasteiger partial charge in [0.1, 0.15) is 5.82 Å². The summed E-state index contributed by atoms with van der Waals surface area (Å²) in [7, 11) is 0. The molecule has 94 valence electrons. The molecule has 1 aliphatic rings. The lowest BCUT2D eigenvalue weighted by Crippen LogP contribution is -2.42. The first-order chi connectivity index (χ1) is 8.01. The Balaban J connectivity index is 2.23. The zero-order chi connectivity index (χ0) is 12.5. The van der Waals surface area contributed by atoms with E-state index in [0.29, 0.717) is 11.8 Å². The minimum Gasteiger partial charge on any atom is -0.321 e. The van der Waals surface area contributed by atoms with Gasteiger partial charge < -0.3 is 5.73 Å². The summed E-state index contributed by atoms with van der Waals surface area (Å²) < 4.78 is 13.2. The highest BCUT2D eigenvalue weighted by molar-refractivity contribution is 5.21. The van der Waals surface area contributed by atoms with Crippen molar-refractivity contribution in [2.75, 3.05) is 0 Å². The van der Waals surface area contributed by atoms with Crippen LogP contribution in [-0.2, 0) is 5.54 Å². The number of aromatic nitrogens is 1. The van der Waals surface area contributed by atoms with Gasteiger partial charge in [-0.25, -0.2) is 4.39 Å². The average Bonchev–Trinajstić information content (AvgIpc) is 2.29. The van der Waals surface area contributed by atoms with E-state index in [0.717, 1.165) is 24.8 Å². The Kier molecular flexibility index (Phi) is 3.48. The maximum Gasteiger partial charge on any atom is 0.141 e. The second kappa shape index (κ2) is 4.73. The van der Waals surface area contributed by atoms with Gasteiger partial charge in [-0.15, -0.1) is 0 Å². The van der Waals surface area contributed by atoms with Crippen molar-refractivity contribution in [2.45, 2.75) is 45.1 Å². The van der Waals surface area contributed by atoms with E-state index in [2.05, 4.69) is 18.8 Å². The molecule has 3 heteroatoms. The molecular weight excluding hydrogens is 215 g/mol. The molecule has 2 atom stereocenters. The highest BCUT2D eigenvalue weighted by Crippen LogP contribution is 2.40. The molecular formula is C14H21FN2. The van der Waals surface area contributed by atoms with Crippen molar-refractivity contribution < 1.29 is 4.39 Å². The number of nitrogens with zero attached hydrogens (tertiary/aromatic N) is 1. The fourth-order valence-corrected chi connectivity index (χ4v) is 2.87. The summed E-state index contributed by atoms with van der Waals surface area (Å²) in [5.41, 5.74) is 6.93. The van der Waals surface area contributed by atoms with Gasteiger partial charge in [-0.2, -0.15) is 0 Å². The maximum absolute atomic E-state index is 13.2. The zero-order valence-electron chi connectivity index (χ0n) is 10.6. The summed E-state index contributed by atoms with van der Waals surface area (Å²) in [6.45, 7) is 4.47. The molecule has 17 heavy (non-hydrogen) atoms. The van der Waals surface area contributed by atoms with Crippen LogP contribution >= 0.6 is 0 Å². The van der Waals surface area contributed by atoms with Crippen molar-refractivity contribution in [1.29, 1.82) is 0 Å². The number of nitrogens with two attached hydrogens (primary N) is 1. The van der Waals surface area contributed by atoms with Crippen LogP contribution < -0.4 is 5.73 Å². The molecule has 2 unspecified atom stereocenters. The highest BCUT2D eigenvalue weighted by atomic mass is 19.1. The molecule has 2 nitrogen and oxygen atoms in total. The molecule has 1 aromatic heterocycles. The largest absolute Gasteiger partial charge is 0.321 e. The third-order valence-corrected chi connectivity index (χ3v) is 4.05. The second-order valence-corrected chi connectivity index (χ2v) is 5.65. The van der Waals surface area contributed by atoms with E-state index < -0.39 is 0 Å². The van der Waals surface area contributed by atoms with Crippen molar-refractivity contribution in [3.05, 3.63) is 29.8 Å². The van der Waals surface area contributed by atoms with Crippen molar-refractivity contribution in [3.63, 3.8) is 0 Å². The lowest BCUT2D eigenvalue weighted by Gasteiger charge is -2.39. The predicted octanol–water partition coefficient (Wildman–Crippen LogP) is 3.22. The molecule has 0 spiro atoms. The standard InChI is InChI=1S/C14H21FN2/c1-10(2)11-4-3-5-14(16,7-11)12-6-13(15)9-17-8-12/h6,8-11H,3-5,7,16H2,1-2H3. The Labute approximate surface area is 102 Å². The molecule has 0 amide bonds. The predicted molar refractivity (Wildman–Crippen MR) is 66.9 cm³/mol. The van der Waals surface area contributed by atoms with Gasteiger partial charge in [-0.3, -0.25) is 4.98 Å². The molecule has 0 aromatic carbocycles. The SMILES string of the molecule is CC(C)C1CCCC(N)(c2cncc(F)c2)C1. The number of hydrogen-bond donors (Lipinski definition) is 1. The summed E-state index contributed by atoms with van der Waals surface area (Å²) in [6, 6.07) is 1.54. The van der Waals surface area contributed by atoms with Crippen LogP contribution in [0.4, 0.5) is 4.39 Å². The third-order valence-electron chi connectivity index (χ3n) is 4.05. The number of pyridine rings is 1. The number of hydrogen-bond acceptors (Lipinski definition) is 2. The zero-order valence-corrected chi connectivity index (χ0v) is 10.6. The van der Waals surface area contributed by atoms with Crippen LogP contribution in [0.3, 0.4) is 0 Å². The van der Waals surface area contributed by atoms with Gasteiger partial charge in [0.25, 0.3) is 0 Å². The average molecular weight is 236 g/mol. The lowest BCUT2D eigenvalue weighted by molar-refractivity contribution is 0.183. The summed E-state index contributed by atoms with van der Waals surface area (Å²) in [6.07, 6.45) is 7.17. The van der Waals surface area contributed by atoms with Crippen molar-refractivity contribution in [3.8, 4) is 0 Å². The Morgan fingerprint density at radius 2 is 2.24 bits per heavy atom. The van der Waals surface area contributed by atoms with E-state index in [1.165, 1.54) is 18.7 Å². The molecule has 0 radical (unpaired) electrons. The van der Waals surface area contributed by atoms with E-state index >= 15 is 0 Å². The van der Waals surface area contributed by atoms with E-state index in [1.807, 2.05) is 0 Å². The van der Waals surface area contributed by atoms with Gasteiger partial charge in [-0.1, -0.05) is 26.7 Å². The van der Waals surface area contributed by atoms with Gasteiger partial charge >= 0.3 is 0 Å². The van der Waals surface area contributed by atoms with Crippen molar-refractivity contribution in [2.24, 2.45) is 17.6 Å². The molecule has 0 saturated heterocycles. The quantitative estimate of drug-likeness (QED) is 0.856. The van der Waals surface area contributed by atoms with E-state index in [-0.39, 0.29) is 11.4 Å². The fourth-order valence-electron chi connectivity index (χ4n) is 2.87. The monoisotopic (exact) mass is 236 g/mol. The Hall–Kier alpha value is -0.960. The van der Waals surface area contributed by atoms with Gasteiger partial charge in [0.15, 0.2) is 0 Å². The van der Waals surface area contributed by atoms with Gasteiger partial charge in [-0.05, 0) is 36.3 Å². The normalized spacial score (nSPS) is 29.6. The molecule has 2 rings (SSSR count). The minimum absolute atomic E-state index is 0.293. The van der Waals surface area contributed by atoms with Crippen LogP contribution in [0.5, 0.6) is 0 Å². The van der Waals surface area contributed by atoms with Crippen LogP contribution in [0.1, 0.15) is 45.1 Å². The number of rotatable bonds is 2. The molecule has 1 aromatic rings. The second-order valence-electron chi connectivity index (χ2n) is 5.65. The van der Waals surface area contributed by atoms with Crippen LogP contribution in [-0.4, -0.2) is 4.98 Å². The molecule has 1 heterocycles. The molecule has 2 N–H and O–H groups in total. The minimum atomic E-state index is -0.387. The van der Waals surface area contributed by atoms with Gasteiger partial charge in [0.2, 0.25) is 0 Å². The van der Waals surface area contributed by atoms with Crippen LogP contribution in [0.15, 0.2) is 18.5 Å². The topological polar surface area (TPSA) is 38.9 Å². The molecule has 1 aliphatic carbocycles. The van der Waals surface area contributed by atoms with Crippen molar-refractivity contribution >= 4 is 0 Å². The molecule has 0 bridgehead atoms. The highest BCUT2D eigenvalue weighted by Gasteiger charge is 2.35. The van der Waals surface area contributed by atoms with Crippen LogP contribution in [0, 0.1) is 17.7 Å². The summed E-state index contributed by atoms with van der Waals surface area (Å²) >= 11 is 0. The van der Waals surface area contributed by atoms with E-state index in [9.17, 15) is 4.39 Å². The third kappa shape index (κ3) is 2.65. The summed E-state index contributed by atoms with van der Waals surface area (Å²) in [5, 5.41) is 0. The maximum atomic E-state index is 13.2. The molecule has 0 aliphatic heterocycles. The van der Waals surface area contributed by atoms with Crippen LogP contribution in [0.2, 0.25) is 0 Å². The van der Waals surface area contributed by atoms with E-state index in [4.69, 9.17) is 5.73 Å². The summed E-state index contributed by atoms with van der Waals surface area (Å²) in [4.78, 5) is 3.92. The first kappa shape index (κ1) is 12.5. The van der Waals surface area contributed by atoms with Crippen LogP contribution in [0.25, 0.3) is 0 Å². The molecule has 1 saturated carbocycles. The van der Waals surface area contributed by atoms with E-state index in [1.54, 1.807) is 6.20 Å².